The molecule has 3 heteroatoms. The van der Waals surface area contributed by atoms with Gasteiger partial charge in [0, 0.05) is 17.8 Å². The van der Waals surface area contributed by atoms with E-state index in [0.717, 1.165) is 54.1 Å². The molecule has 0 bridgehead atoms. The molecule has 1 heterocycles. The van der Waals surface area contributed by atoms with Crippen molar-refractivity contribution in [1.82, 2.24) is 0 Å². The fourth-order valence-electron chi connectivity index (χ4n) is 2.56. The molecule has 0 aromatic heterocycles. The molecule has 3 rings (SSSR count). The first kappa shape index (κ1) is 12.7. The van der Waals surface area contributed by atoms with Gasteiger partial charge in [0.2, 0.25) is 0 Å². The third kappa shape index (κ3) is 2.27. The molecule has 2 aromatic rings. The molecule has 0 saturated heterocycles. The van der Waals surface area contributed by atoms with Crippen LogP contribution in [-0.2, 0) is 0 Å². The molecule has 1 aliphatic heterocycles. The first-order chi connectivity index (χ1) is 9.79. The van der Waals surface area contributed by atoms with Gasteiger partial charge in [0.25, 0.3) is 0 Å². The highest BCUT2D eigenvalue weighted by Gasteiger charge is 2.17. The molecule has 0 fully saturated rings. The van der Waals surface area contributed by atoms with Gasteiger partial charge in [-0.3, -0.25) is 4.79 Å². The maximum absolute atomic E-state index is 10.9. The summed E-state index contributed by atoms with van der Waals surface area (Å²) >= 11 is 0. The summed E-state index contributed by atoms with van der Waals surface area (Å²) in [5.74, 6) is 0.919. The van der Waals surface area contributed by atoms with E-state index >= 15 is 0 Å². The monoisotopic (exact) mass is 267 g/mol. The standard InChI is InChI=1S/C17H17NO2/c1-13-11-15(8-7-14(13)12-19)18-9-4-10-20-17-6-3-2-5-16(17)18/h2-3,5-8,11-12H,4,9-10H2,1H3. The third-order valence-electron chi connectivity index (χ3n) is 3.63. The van der Waals surface area contributed by atoms with Gasteiger partial charge in [0.05, 0.1) is 12.3 Å². The second-order valence-corrected chi connectivity index (χ2v) is 4.98. The smallest absolute Gasteiger partial charge is 0.150 e. The van der Waals surface area contributed by atoms with Crippen molar-refractivity contribution in [1.29, 1.82) is 0 Å². The van der Waals surface area contributed by atoms with Crippen LogP contribution in [0.25, 0.3) is 0 Å². The van der Waals surface area contributed by atoms with E-state index in [0.29, 0.717) is 0 Å². The highest BCUT2D eigenvalue weighted by Crippen LogP contribution is 2.36. The highest BCUT2D eigenvalue weighted by molar-refractivity contribution is 5.79. The van der Waals surface area contributed by atoms with E-state index in [4.69, 9.17) is 4.74 Å². The van der Waals surface area contributed by atoms with Crippen LogP contribution >= 0.6 is 0 Å². The van der Waals surface area contributed by atoms with Crippen molar-refractivity contribution in [3.05, 3.63) is 53.6 Å². The lowest BCUT2D eigenvalue weighted by atomic mass is 10.1. The number of carbonyl (C=O) groups excluding carboxylic acids is 1. The van der Waals surface area contributed by atoms with Crippen LogP contribution in [0.4, 0.5) is 11.4 Å². The van der Waals surface area contributed by atoms with Crippen molar-refractivity contribution in [2.75, 3.05) is 18.1 Å². The first-order valence-corrected chi connectivity index (χ1v) is 6.85. The average Bonchev–Trinajstić information content (AvgIpc) is 2.69. The van der Waals surface area contributed by atoms with Crippen LogP contribution in [0.5, 0.6) is 5.75 Å². The van der Waals surface area contributed by atoms with Crippen LogP contribution in [0, 0.1) is 6.92 Å². The fraction of sp³-hybridized carbons (Fsp3) is 0.235. The summed E-state index contributed by atoms with van der Waals surface area (Å²) in [5.41, 5.74) is 3.93. The molecule has 3 nitrogen and oxygen atoms in total. The summed E-state index contributed by atoms with van der Waals surface area (Å²) in [4.78, 5) is 13.2. The van der Waals surface area contributed by atoms with Crippen LogP contribution in [-0.4, -0.2) is 19.4 Å². The van der Waals surface area contributed by atoms with Crippen molar-refractivity contribution >= 4 is 17.7 Å². The van der Waals surface area contributed by atoms with Crippen LogP contribution in [0.15, 0.2) is 42.5 Å². The molecule has 2 aromatic carbocycles. The Morgan fingerprint density at radius 3 is 2.85 bits per heavy atom. The van der Waals surface area contributed by atoms with E-state index in [9.17, 15) is 4.79 Å². The molecule has 0 radical (unpaired) electrons. The molecule has 0 amide bonds. The minimum absolute atomic E-state index is 0.735. The van der Waals surface area contributed by atoms with Gasteiger partial charge in [-0.25, -0.2) is 0 Å². The Bertz CT molecular complexity index is 637. The zero-order valence-corrected chi connectivity index (χ0v) is 11.5. The van der Waals surface area contributed by atoms with Crippen LogP contribution < -0.4 is 9.64 Å². The summed E-state index contributed by atoms with van der Waals surface area (Å²) in [6, 6.07) is 14.0. The SMILES string of the molecule is Cc1cc(N2CCCOc3ccccc32)ccc1C=O. The summed E-state index contributed by atoms with van der Waals surface area (Å²) in [7, 11) is 0. The molecule has 0 atom stereocenters. The van der Waals surface area contributed by atoms with Gasteiger partial charge in [-0.2, -0.15) is 0 Å². The van der Waals surface area contributed by atoms with Gasteiger partial charge in [-0.05, 0) is 49.2 Å². The number of aldehydes is 1. The molecule has 0 spiro atoms. The fourth-order valence-corrected chi connectivity index (χ4v) is 2.56. The van der Waals surface area contributed by atoms with Crippen molar-refractivity contribution in [2.24, 2.45) is 0 Å². The van der Waals surface area contributed by atoms with Crippen molar-refractivity contribution < 1.29 is 9.53 Å². The highest BCUT2D eigenvalue weighted by atomic mass is 16.5. The predicted octanol–water partition coefficient (Wildman–Crippen LogP) is 3.73. The Balaban J connectivity index is 2.05. The Kier molecular flexibility index (Phi) is 3.42. The number of carbonyl (C=O) groups is 1. The van der Waals surface area contributed by atoms with E-state index in [2.05, 4.69) is 17.0 Å². The molecule has 0 saturated carbocycles. The number of aryl methyl sites for hydroxylation is 1. The van der Waals surface area contributed by atoms with E-state index in [1.54, 1.807) is 0 Å². The lowest BCUT2D eigenvalue weighted by molar-refractivity contribution is 0.112. The number of benzene rings is 2. The molecular formula is C17H17NO2. The van der Waals surface area contributed by atoms with E-state index in [-0.39, 0.29) is 0 Å². The number of hydrogen-bond donors (Lipinski definition) is 0. The minimum Gasteiger partial charge on any atom is -0.491 e. The van der Waals surface area contributed by atoms with Crippen LogP contribution in [0.2, 0.25) is 0 Å². The van der Waals surface area contributed by atoms with Gasteiger partial charge >= 0.3 is 0 Å². The number of rotatable bonds is 2. The molecule has 0 aliphatic carbocycles. The molecule has 1 aliphatic rings. The van der Waals surface area contributed by atoms with Gasteiger partial charge in [-0.1, -0.05) is 12.1 Å². The largest absolute Gasteiger partial charge is 0.491 e. The number of para-hydroxylation sites is 2. The number of ether oxygens (including phenoxy) is 1. The van der Waals surface area contributed by atoms with Gasteiger partial charge < -0.3 is 9.64 Å². The maximum atomic E-state index is 10.9. The summed E-state index contributed by atoms with van der Waals surface area (Å²) in [6.45, 7) is 3.61. The summed E-state index contributed by atoms with van der Waals surface area (Å²) in [6.07, 6.45) is 1.88. The molecular weight excluding hydrogens is 250 g/mol. The number of fused-ring (bicyclic) bond motifs is 1. The van der Waals surface area contributed by atoms with Crippen molar-refractivity contribution in [2.45, 2.75) is 13.3 Å². The normalized spacial score (nSPS) is 14.2. The predicted molar refractivity (Wildman–Crippen MR) is 80.1 cm³/mol. The third-order valence-corrected chi connectivity index (χ3v) is 3.63. The lowest BCUT2D eigenvalue weighted by Gasteiger charge is -2.24. The topological polar surface area (TPSA) is 29.5 Å². The minimum atomic E-state index is 0.735. The van der Waals surface area contributed by atoms with E-state index < -0.39 is 0 Å². The Morgan fingerprint density at radius 1 is 1.20 bits per heavy atom. The van der Waals surface area contributed by atoms with Crippen LogP contribution in [0.3, 0.4) is 0 Å². The number of nitrogens with zero attached hydrogens (tertiary/aromatic N) is 1. The van der Waals surface area contributed by atoms with Gasteiger partial charge in [-0.15, -0.1) is 0 Å². The summed E-state index contributed by atoms with van der Waals surface area (Å²) < 4.78 is 5.78. The number of hydrogen-bond acceptors (Lipinski definition) is 3. The second-order valence-electron chi connectivity index (χ2n) is 4.98. The quantitative estimate of drug-likeness (QED) is 0.776. The molecule has 20 heavy (non-hydrogen) atoms. The van der Waals surface area contributed by atoms with Crippen molar-refractivity contribution in [3.63, 3.8) is 0 Å². The Morgan fingerprint density at radius 2 is 2.05 bits per heavy atom. The molecule has 0 unspecified atom stereocenters. The van der Waals surface area contributed by atoms with Crippen molar-refractivity contribution in [3.8, 4) is 5.75 Å². The van der Waals surface area contributed by atoms with Crippen LogP contribution in [0.1, 0.15) is 22.3 Å². The van der Waals surface area contributed by atoms with Gasteiger partial charge in [0.1, 0.15) is 12.0 Å². The van der Waals surface area contributed by atoms with Gasteiger partial charge in [0.15, 0.2) is 0 Å². The van der Waals surface area contributed by atoms with E-state index in [1.165, 1.54) is 0 Å². The zero-order valence-electron chi connectivity index (χ0n) is 11.5. The zero-order chi connectivity index (χ0) is 13.9. The number of anilines is 2. The molecule has 0 N–H and O–H groups in total. The average molecular weight is 267 g/mol. The summed E-state index contributed by atoms with van der Waals surface area (Å²) in [5, 5.41) is 0. The lowest BCUT2D eigenvalue weighted by Crippen LogP contribution is -2.17. The molecule has 102 valence electrons. The second kappa shape index (κ2) is 5.37. The Labute approximate surface area is 118 Å². The first-order valence-electron chi connectivity index (χ1n) is 6.85. The van der Waals surface area contributed by atoms with E-state index in [1.807, 2.05) is 37.3 Å². The Hall–Kier alpha value is -2.29. The maximum Gasteiger partial charge on any atom is 0.150 e.